The smallest absolute Gasteiger partial charge is 0.220 e. The summed E-state index contributed by atoms with van der Waals surface area (Å²) in [5.74, 6) is 0.845. The van der Waals surface area contributed by atoms with Gasteiger partial charge in [0.2, 0.25) is 5.91 Å². The Labute approximate surface area is 139 Å². The largest absolute Gasteiger partial charge is 0.381 e. The maximum absolute atomic E-state index is 12.4. The van der Waals surface area contributed by atoms with Crippen molar-refractivity contribution < 1.29 is 9.53 Å². The van der Waals surface area contributed by atoms with Gasteiger partial charge >= 0.3 is 0 Å². The number of rotatable bonds is 5. The standard InChI is InChI=1S/C20H29NO2/c22-19(15-17-7-4-5-8-17)21-16-20(11-6-13-23-14-12-20)18-9-2-1-3-10-18/h1-3,9-10,17H,4-8,11-16H2,(H,21,22). The van der Waals surface area contributed by atoms with E-state index in [-0.39, 0.29) is 11.3 Å². The second-order valence-corrected chi connectivity index (χ2v) is 7.24. The van der Waals surface area contributed by atoms with Crippen molar-refractivity contribution in [3.05, 3.63) is 35.9 Å². The van der Waals surface area contributed by atoms with E-state index >= 15 is 0 Å². The number of amides is 1. The number of ether oxygens (including phenoxy) is 1. The molecule has 1 aliphatic carbocycles. The highest BCUT2D eigenvalue weighted by molar-refractivity contribution is 5.76. The van der Waals surface area contributed by atoms with E-state index in [4.69, 9.17) is 4.74 Å². The van der Waals surface area contributed by atoms with Crippen molar-refractivity contribution >= 4 is 5.91 Å². The molecule has 1 amide bonds. The summed E-state index contributed by atoms with van der Waals surface area (Å²) in [7, 11) is 0. The lowest BCUT2D eigenvalue weighted by atomic mass is 9.74. The van der Waals surface area contributed by atoms with E-state index in [0.717, 1.165) is 39.0 Å². The van der Waals surface area contributed by atoms with Gasteiger partial charge in [-0.1, -0.05) is 43.2 Å². The molecule has 1 atom stereocenters. The molecular formula is C20H29NO2. The van der Waals surface area contributed by atoms with E-state index in [1.54, 1.807) is 0 Å². The highest BCUT2D eigenvalue weighted by atomic mass is 16.5. The Kier molecular flexibility index (Phi) is 5.71. The Bertz CT molecular complexity index is 486. The molecule has 3 heteroatoms. The molecule has 1 aliphatic heterocycles. The van der Waals surface area contributed by atoms with Crippen molar-refractivity contribution in [3.8, 4) is 0 Å². The zero-order valence-electron chi connectivity index (χ0n) is 14.1. The van der Waals surface area contributed by atoms with Crippen LogP contribution in [0.25, 0.3) is 0 Å². The van der Waals surface area contributed by atoms with Gasteiger partial charge in [0.1, 0.15) is 0 Å². The van der Waals surface area contributed by atoms with E-state index in [1.807, 2.05) is 0 Å². The first-order valence-electron chi connectivity index (χ1n) is 9.18. The third kappa shape index (κ3) is 4.35. The minimum atomic E-state index is 0.0308. The van der Waals surface area contributed by atoms with E-state index < -0.39 is 0 Å². The normalized spacial score (nSPS) is 25.9. The SMILES string of the molecule is O=C(CC1CCCC1)NCC1(c2ccccc2)CCCOCC1. The van der Waals surface area contributed by atoms with E-state index in [1.165, 1.54) is 31.2 Å². The molecule has 1 heterocycles. The van der Waals surface area contributed by atoms with E-state index in [9.17, 15) is 4.79 Å². The zero-order chi connectivity index (χ0) is 16.0. The van der Waals surface area contributed by atoms with Crippen LogP contribution < -0.4 is 5.32 Å². The van der Waals surface area contributed by atoms with Crippen LogP contribution in [0.2, 0.25) is 0 Å². The first-order valence-corrected chi connectivity index (χ1v) is 9.18. The van der Waals surface area contributed by atoms with Crippen LogP contribution in [0.15, 0.2) is 30.3 Å². The number of carbonyl (C=O) groups excluding carboxylic acids is 1. The van der Waals surface area contributed by atoms with E-state index in [2.05, 4.69) is 35.6 Å². The lowest BCUT2D eigenvalue weighted by Gasteiger charge is -2.33. The van der Waals surface area contributed by atoms with Gasteiger partial charge in [0.15, 0.2) is 0 Å². The summed E-state index contributed by atoms with van der Waals surface area (Å²) < 4.78 is 5.67. The molecule has 1 aromatic carbocycles. The quantitative estimate of drug-likeness (QED) is 0.897. The average molecular weight is 315 g/mol. The lowest BCUT2D eigenvalue weighted by molar-refractivity contribution is -0.122. The summed E-state index contributed by atoms with van der Waals surface area (Å²) in [4.78, 5) is 12.4. The van der Waals surface area contributed by atoms with Crippen LogP contribution in [0.3, 0.4) is 0 Å². The molecule has 126 valence electrons. The molecule has 1 saturated carbocycles. The van der Waals surface area contributed by atoms with Crippen LogP contribution in [0.4, 0.5) is 0 Å². The molecule has 1 N–H and O–H groups in total. The van der Waals surface area contributed by atoms with Gasteiger partial charge in [0, 0.05) is 31.6 Å². The highest BCUT2D eigenvalue weighted by Crippen LogP contribution is 2.34. The Balaban J connectivity index is 1.65. The molecule has 2 fully saturated rings. The summed E-state index contributed by atoms with van der Waals surface area (Å²) in [5, 5.41) is 3.25. The Morgan fingerprint density at radius 1 is 1.09 bits per heavy atom. The van der Waals surface area contributed by atoms with Gasteiger partial charge in [-0.2, -0.15) is 0 Å². The Morgan fingerprint density at radius 2 is 1.87 bits per heavy atom. The fraction of sp³-hybridized carbons (Fsp3) is 0.650. The van der Waals surface area contributed by atoms with Crippen LogP contribution >= 0.6 is 0 Å². The predicted octanol–water partition coefficient (Wildman–Crippen LogP) is 3.82. The summed E-state index contributed by atoms with van der Waals surface area (Å²) in [6.07, 6.45) is 8.89. The fourth-order valence-corrected chi connectivity index (χ4v) is 4.18. The van der Waals surface area contributed by atoms with Crippen molar-refractivity contribution in [1.29, 1.82) is 0 Å². The molecule has 0 spiro atoms. The molecule has 1 saturated heterocycles. The number of hydrogen-bond donors (Lipinski definition) is 1. The van der Waals surface area contributed by atoms with Crippen LogP contribution in [-0.4, -0.2) is 25.7 Å². The van der Waals surface area contributed by atoms with E-state index in [0.29, 0.717) is 12.3 Å². The fourth-order valence-electron chi connectivity index (χ4n) is 4.18. The molecule has 0 aromatic heterocycles. The molecule has 0 bridgehead atoms. The lowest BCUT2D eigenvalue weighted by Crippen LogP contribution is -2.41. The Hall–Kier alpha value is -1.35. The number of nitrogens with one attached hydrogen (secondary N) is 1. The van der Waals surface area contributed by atoms with Crippen molar-refractivity contribution in [2.45, 2.75) is 56.8 Å². The van der Waals surface area contributed by atoms with Gasteiger partial charge in [-0.25, -0.2) is 0 Å². The summed E-state index contributed by atoms with van der Waals surface area (Å²) in [5.41, 5.74) is 1.37. The zero-order valence-corrected chi connectivity index (χ0v) is 14.1. The molecule has 3 rings (SSSR count). The second-order valence-electron chi connectivity index (χ2n) is 7.24. The van der Waals surface area contributed by atoms with Crippen LogP contribution in [0.1, 0.15) is 56.9 Å². The van der Waals surface area contributed by atoms with Gasteiger partial charge in [0.05, 0.1) is 0 Å². The number of benzene rings is 1. The Morgan fingerprint density at radius 3 is 2.65 bits per heavy atom. The molecule has 3 nitrogen and oxygen atoms in total. The van der Waals surface area contributed by atoms with Crippen LogP contribution in [-0.2, 0) is 14.9 Å². The van der Waals surface area contributed by atoms with Crippen LogP contribution in [0, 0.1) is 5.92 Å². The first-order chi connectivity index (χ1) is 11.3. The highest BCUT2D eigenvalue weighted by Gasteiger charge is 2.33. The van der Waals surface area contributed by atoms with Crippen molar-refractivity contribution in [2.75, 3.05) is 19.8 Å². The summed E-state index contributed by atoms with van der Waals surface area (Å²) in [6, 6.07) is 10.7. The summed E-state index contributed by atoms with van der Waals surface area (Å²) in [6.45, 7) is 2.37. The molecule has 0 radical (unpaired) electrons. The van der Waals surface area contributed by atoms with Crippen LogP contribution in [0.5, 0.6) is 0 Å². The van der Waals surface area contributed by atoms with Gasteiger partial charge in [-0.3, -0.25) is 4.79 Å². The maximum Gasteiger partial charge on any atom is 0.220 e. The second kappa shape index (κ2) is 7.96. The number of carbonyl (C=O) groups is 1. The molecular weight excluding hydrogens is 286 g/mol. The van der Waals surface area contributed by atoms with Crippen molar-refractivity contribution in [1.82, 2.24) is 5.32 Å². The topological polar surface area (TPSA) is 38.3 Å². The van der Waals surface area contributed by atoms with Crippen molar-refractivity contribution in [3.63, 3.8) is 0 Å². The molecule has 2 aliphatic rings. The maximum atomic E-state index is 12.4. The molecule has 1 aromatic rings. The third-order valence-corrected chi connectivity index (χ3v) is 5.63. The minimum Gasteiger partial charge on any atom is -0.381 e. The molecule has 1 unspecified atom stereocenters. The van der Waals surface area contributed by atoms with Gasteiger partial charge in [-0.05, 0) is 43.6 Å². The third-order valence-electron chi connectivity index (χ3n) is 5.63. The average Bonchev–Trinajstić information content (AvgIpc) is 2.97. The van der Waals surface area contributed by atoms with Gasteiger partial charge in [0.25, 0.3) is 0 Å². The minimum absolute atomic E-state index is 0.0308. The molecule has 23 heavy (non-hydrogen) atoms. The van der Waals surface area contributed by atoms with Crippen molar-refractivity contribution in [2.24, 2.45) is 5.92 Å². The van der Waals surface area contributed by atoms with Gasteiger partial charge < -0.3 is 10.1 Å². The number of hydrogen-bond acceptors (Lipinski definition) is 2. The predicted molar refractivity (Wildman–Crippen MR) is 92.4 cm³/mol. The monoisotopic (exact) mass is 315 g/mol. The first kappa shape index (κ1) is 16.5. The van der Waals surface area contributed by atoms with Gasteiger partial charge in [-0.15, -0.1) is 0 Å². The summed E-state index contributed by atoms with van der Waals surface area (Å²) >= 11 is 0.